The van der Waals surface area contributed by atoms with Gasteiger partial charge in [0.1, 0.15) is 5.75 Å². The fraction of sp³-hybridized carbons (Fsp3) is 0.273. The van der Waals surface area contributed by atoms with Gasteiger partial charge in [-0.1, -0.05) is 18.3 Å². The Balaban J connectivity index is 1.62. The number of hydrogen-bond acceptors (Lipinski definition) is 7. The first-order valence-corrected chi connectivity index (χ1v) is 11.0. The number of amides is 1. The number of thiocarbonyl (C=S) groups is 1. The highest BCUT2D eigenvalue weighted by atomic mass is 32.1. The lowest BCUT2D eigenvalue weighted by atomic mass is 10.2. The first kappa shape index (κ1) is 22.6. The monoisotopic (exact) mass is 457 g/mol. The molecule has 31 heavy (non-hydrogen) atoms. The summed E-state index contributed by atoms with van der Waals surface area (Å²) in [6.45, 7) is 6.26. The van der Waals surface area contributed by atoms with Gasteiger partial charge in [-0.3, -0.25) is 10.1 Å². The van der Waals surface area contributed by atoms with Gasteiger partial charge in [-0.05, 0) is 75.0 Å². The minimum Gasteiger partial charge on any atom is -0.494 e. The summed E-state index contributed by atoms with van der Waals surface area (Å²) in [5.74, 6) is -0.00158. The van der Waals surface area contributed by atoms with Crippen molar-refractivity contribution in [1.29, 1.82) is 0 Å². The van der Waals surface area contributed by atoms with Crippen LogP contribution in [0, 0.1) is 0 Å². The number of hydrogen-bond donors (Lipinski definition) is 2. The maximum atomic E-state index is 12.4. The van der Waals surface area contributed by atoms with E-state index in [9.17, 15) is 9.59 Å². The Labute approximate surface area is 189 Å². The second-order valence-electron chi connectivity index (χ2n) is 6.94. The molecule has 1 amide bonds. The molecule has 0 radical (unpaired) electrons. The summed E-state index contributed by atoms with van der Waals surface area (Å²) < 4.78 is 11.5. The summed E-state index contributed by atoms with van der Waals surface area (Å²) in [4.78, 5) is 28.9. The van der Waals surface area contributed by atoms with Gasteiger partial charge in [0, 0.05) is 5.56 Å². The maximum Gasteiger partial charge on any atom is 0.338 e. The van der Waals surface area contributed by atoms with Crippen molar-refractivity contribution in [3.05, 3.63) is 53.6 Å². The third-order valence-electron chi connectivity index (χ3n) is 4.00. The van der Waals surface area contributed by atoms with Crippen LogP contribution in [-0.4, -0.2) is 34.7 Å². The van der Waals surface area contributed by atoms with E-state index in [0.29, 0.717) is 34.1 Å². The van der Waals surface area contributed by atoms with Crippen molar-refractivity contribution in [2.75, 3.05) is 11.9 Å². The molecule has 1 aromatic heterocycles. The zero-order valence-corrected chi connectivity index (χ0v) is 19.1. The standard InChI is InChI=1S/C22H23N3O4S2/c1-4-11-28-16-8-5-14(6-9-16)19(26)24-21(30)25-22-23-17-10-7-15(12-18(17)31-22)20(27)29-13(2)3/h5-10,12-13H,4,11H2,1-3H3,(H2,23,24,25,26,30). The number of ether oxygens (including phenoxy) is 2. The number of nitrogens with zero attached hydrogens (tertiary/aromatic N) is 1. The van der Waals surface area contributed by atoms with Crippen LogP contribution in [0.4, 0.5) is 5.13 Å². The highest BCUT2D eigenvalue weighted by Crippen LogP contribution is 2.27. The quantitative estimate of drug-likeness (QED) is 0.390. The SMILES string of the molecule is CCCOc1ccc(C(=O)NC(=S)Nc2nc3ccc(C(=O)OC(C)C)cc3s2)cc1. The van der Waals surface area contributed by atoms with E-state index in [1.165, 1.54) is 11.3 Å². The molecule has 2 N–H and O–H groups in total. The van der Waals surface area contributed by atoms with Crippen LogP contribution in [0.1, 0.15) is 47.9 Å². The Morgan fingerprint density at radius 1 is 1.13 bits per heavy atom. The van der Waals surface area contributed by atoms with E-state index in [1.807, 2.05) is 6.92 Å². The second kappa shape index (κ2) is 10.3. The third-order valence-corrected chi connectivity index (χ3v) is 5.14. The molecule has 0 fully saturated rings. The zero-order chi connectivity index (χ0) is 22.4. The van der Waals surface area contributed by atoms with Crippen molar-refractivity contribution in [1.82, 2.24) is 10.3 Å². The number of nitrogens with one attached hydrogen (secondary N) is 2. The number of benzene rings is 2. The smallest absolute Gasteiger partial charge is 0.338 e. The summed E-state index contributed by atoms with van der Waals surface area (Å²) >= 11 is 6.56. The van der Waals surface area contributed by atoms with Crippen LogP contribution in [0.25, 0.3) is 10.2 Å². The Morgan fingerprint density at radius 2 is 1.84 bits per heavy atom. The predicted octanol–water partition coefficient (Wildman–Crippen LogP) is 4.78. The molecule has 7 nitrogen and oxygen atoms in total. The first-order valence-electron chi connectivity index (χ1n) is 9.82. The number of anilines is 1. The van der Waals surface area contributed by atoms with Gasteiger partial charge < -0.3 is 14.8 Å². The van der Waals surface area contributed by atoms with Crippen LogP contribution >= 0.6 is 23.6 Å². The number of carbonyl (C=O) groups is 2. The maximum absolute atomic E-state index is 12.4. The van der Waals surface area contributed by atoms with Crippen LogP contribution in [0.5, 0.6) is 5.75 Å². The van der Waals surface area contributed by atoms with E-state index in [1.54, 1.807) is 56.3 Å². The Bertz CT molecular complexity index is 1090. The average molecular weight is 458 g/mol. The van der Waals surface area contributed by atoms with Crippen molar-refractivity contribution < 1.29 is 19.1 Å². The fourth-order valence-electron chi connectivity index (χ4n) is 2.61. The Morgan fingerprint density at radius 3 is 2.52 bits per heavy atom. The molecule has 3 aromatic rings. The number of aromatic nitrogens is 1. The number of fused-ring (bicyclic) bond motifs is 1. The molecule has 2 aromatic carbocycles. The highest BCUT2D eigenvalue weighted by Gasteiger charge is 2.14. The lowest BCUT2D eigenvalue weighted by molar-refractivity contribution is 0.0378. The van der Waals surface area contributed by atoms with Crippen molar-refractivity contribution in [2.24, 2.45) is 0 Å². The predicted molar refractivity (Wildman–Crippen MR) is 126 cm³/mol. The second-order valence-corrected chi connectivity index (χ2v) is 8.38. The molecule has 0 atom stereocenters. The van der Waals surface area contributed by atoms with E-state index < -0.39 is 0 Å². The normalized spacial score (nSPS) is 10.7. The van der Waals surface area contributed by atoms with Gasteiger partial charge in [-0.25, -0.2) is 9.78 Å². The molecular weight excluding hydrogens is 434 g/mol. The molecule has 0 aliphatic carbocycles. The summed E-state index contributed by atoms with van der Waals surface area (Å²) in [5.41, 5.74) is 1.63. The lowest BCUT2D eigenvalue weighted by Gasteiger charge is -2.08. The van der Waals surface area contributed by atoms with Crippen molar-refractivity contribution >= 4 is 55.9 Å². The zero-order valence-electron chi connectivity index (χ0n) is 17.4. The van der Waals surface area contributed by atoms with Crippen molar-refractivity contribution in [2.45, 2.75) is 33.3 Å². The van der Waals surface area contributed by atoms with E-state index in [2.05, 4.69) is 15.6 Å². The molecule has 0 aliphatic rings. The van der Waals surface area contributed by atoms with Crippen molar-refractivity contribution in [3.8, 4) is 5.75 Å². The van der Waals surface area contributed by atoms with Gasteiger partial charge in [0.15, 0.2) is 10.2 Å². The van der Waals surface area contributed by atoms with Gasteiger partial charge in [-0.15, -0.1) is 0 Å². The molecule has 0 bridgehead atoms. The van der Waals surface area contributed by atoms with Crippen LogP contribution in [0.2, 0.25) is 0 Å². The summed E-state index contributed by atoms with van der Waals surface area (Å²) in [7, 11) is 0. The molecule has 162 valence electrons. The van der Waals surface area contributed by atoms with E-state index >= 15 is 0 Å². The third kappa shape index (κ3) is 6.22. The minimum absolute atomic E-state index is 0.134. The van der Waals surface area contributed by atoms with E-state index in [0.717, 1.165) is 11.1 Å². The van der Waals surface area contributed by atoms with Crippen LogP contribution in [0.15, 0.2) is 42.5 Å². The topological polar surface area (TPSA) is 89.5 Å². The van der Waals surface area contributed by atoms with Gasteiger partial charge in [0.25, 0.3) is 5.91 Å². The van der Waals surface area contributed by atoms with Gasteiger partial charge >= 0.3 is 5.97 Å². The van der Waals surface area contributed by atoms with Crippen LogP contribution < -0.4 is 15.4 Å². The summed E-state index contributed by atoms with van der Waals surface area (Å²) in [6.07, 6.45) is 0.722. The highest BCUT2D eigenvalue weighted by molar-refractivity contribution is 7.80. The van der Waals surface area contributed by atoms with E-state index in [-0.39, 0.29) is 23.1 Å². The van der Waals surface area contributed by atoms with Crippen LogP contribution in [0.3, 0.4) is 0 Å². The summed E-state index contributed by atoms with van der Waals surface area (Å²) in [5, 5.41) is 6.20. The molecule has 1 heterocycles. The van der Waals surface area contributed by atoms with Gasteiger partial charge in [0.2, 0.25) is 0 Å². The molecule has 3 rings (SSSR count). The number of carbonyl (C=O) groups excluding carboxylic acids is 2. The molecule has 0 unspecified atom stereocenters. The fourth-order valence-corrected chi connectivity index (χ4v) is 3.78. The molecule has 0 aliphatic heterocycles. The molecule has 0 saturated heterocycles. The lowest BCUT2D eigenvalue weighted by Crippen LogP contribution is -2.34. The minimum atomic E-state index is -0.381. The van der Waals surface area contributed by atoms with Gasteiger partial charge in [-0.2, -0.15) is 0 Å². The molecule has 9 heteroatoms. The molecular formula is C22H23N3O4S2. The van der Waals surface area contributed by atoms with Gasteiger partial charge in [0.05, 0.1) is 28.5 Å². The number of thiazole rings is 1. The largest absolute Gasteiger partial charge is 0.494 e. The van der Waals surface area contributed by atoms with Crippen LogP contribution in [-0.2, 0) is 4.74 Å². The van der Waals surface area contributed by atoms with E-state index in [4.69, 9.17) is 21.7 Å². The molecule has 0 spiro atoms. The Kier molecular flexibility index (Phi) is 7.54. The molecule has 0 saturated carbocycles. The number of rotatable bonds is 7. The summed E-state index contributed by atoms with van der Waals surface area (Å²) in [6, 6.07) is 12.0. The average Bonchev–Trinajstić information content (AvgIpc) is 3.13. The Hall–Kier alpha value is -3.04. The number of esters is 1. The first-order chi connectivity index (χ1) is 14.9. The van der Waals surface area contributed by atoms with Crippen molar-refractivity contribution in [3.63, 3.8) is 0 Å².